The molecule has 0 fully saturated rings. The van der Waals surface area contributed by atoms with E-state index >= 15 is 0 Å². The maximum absolute atomic E-state index is 12.4. The fourth-order valence-corrected chi connectivity index (χ4v) is 3.69. The summed E-state index contributed by atoms with van der Waals surface area (Å²) in [6.07, 6.45) is 1.08. The van der Waals surface area contributed by atoms with Crippen LogP contribution in [0.15, 0.2) is 109 Å². The molecule has 0 aliphatic heterocycles. The van der Waals surface area contributed by atoms with Crippen LogP contribution in [0, 0.1) is 0 Å². The molecule has 0 saturated carbocycles. The molecule has 0 spiro atoms. The van der Waals surface area contributed by atoms with Gasteiger partial charge in [-0.25, -0.2) is 0 Å². The predicted molar refractivity (Wildman–Crippen MR) is 151 cm³/mol. The van der Waals surface area contributed by atoms with E-state index in [1.165, 1.54) is 0 Å². The van der Waals surface area contributed by atoms with E-state index in [0.29, 0.717) is 43.2 Å². The lowest BCUT2D eigenvalue weighted by Gasteiger charge is -2.11. The minimum absolute atomic E-state index is 0.0557. The maximum atomic E-state index is 12.4. The SMILES string of the molecule is O=C(CCc1ccccc1)Nc1cccc(NCC(=O)Nc2ccc(OCCOc3ccccc3)cc2)c1. The van der Waals surface area contributed by atoms with Crippen molar-refractivity contribution >= 4 is 28.9 Å². The highest BCUT2D eigenvalue weighted by Crippen LogP contribution is 2.18. The van der Waals surface area contributed by atoms with E-state index in [-0.39, 0.29) is 18.4 Å². The summed E-state index contributed by atoms with van der Waals surface area (Å²) in [5.41, 5.74) is 3.21. The van der Waals surface area contributed by atoms with Gasteiger partial charge in [-0.2, -0.15) is 0 Å². The predicted octanol–water partition coefficient (Wildman–Crippen LogP) is 5.77. The lowest BCUT2D eigenvalue weighted by atomic mass is 10.1. The Balaban J connectivity index is 1.15. The Morgan fingerprint density at radius 1 is 0.579 bits per heavy atom. The Kier molecular flexibility index (Phi) is 9.74. The number of carbonyl (C=O) groups excluding carboxylic acids is 2. The third-order valence-electron chi connectivity index (χ3n) is 5.59. The molecular weight excluding hydrogens is 478 g/mol. The van der Waals surface area contributed by atoms with Gasteiger partial charge in [0.1, 0.15) is 24.7 Å². The van der Waals surface area contributed by atoms with Crippen molar-refractivity contribution in [1.29, 1.82) is 0 Å². The van der Waals surface area contributed by atoms with Gasteiger partial charge < -0.3 is 25.4 Å². The van der Waals surface area contributed by atoms with Crippen molar-refractivity contribution in [2.24, 2.45) is 0 Å². The highest BCUT2D eigenvalue weighted by molar-refractivity contribution is 5.94. The lowest BCUT2D eigenvalue weighted by molar-refractivity contribution is -0.116. The van der Waals surface area contributed by atoms with Gasteiger partial charge in [-0.05, 0) is 66.6 Å². The number of aryl methyl sites for hydroxylation is 1. The van der Waals surface area contributed by atoms with E-state index in [0.717, 1.165) is 17.0 Å². The summed E-state index contributed by atoms with van der Waals surface area (Å²) in [4.78, 5) is 24.7. The van der Waals surface area contributed by atoms with Gasteiger partial charge in [0.05, 0.1) is 6.54 Å². The molecule has 4 rings (SSSR count). The van der Waals surface area contributed by atoms with Gasteiger partial charge in [-0.1, -0.05) is 54.6 Å². The summed E-state index contributed by atoms with van der Waals surface area (Å²) in [6.45, 7) is 0.935. The third-order valence-corrected chi connectivity index (χ3v) is 5.59. The van der Waals surface area contributed by atoms with Gasteiger partial charge in [0.25, 0.3) is 0 Å². The van der Waals surface area contributed by atoms with Crippen molar-refractivity contribution in [2.45, 2.75) is 12.8 Å². The van der Waals surface area contributed by atoms with Gasteiger partial charge >= 0.3 is 0 Å². The van der Waals surface area contributed by atoms with Crippen molar-refractivity contribution in [3.05, 3.63) is 115 Å². The second-order valence-corrected chi connectivity index (χ2v) is 8.55. The summed E-state index contributed by atoms with van der Waals surface area (Å²) in [7, 11) is 0. The first-order valence-electron chi connectivity index (χ1n) is 12.5. The Labute approximate surface area is 222 Å². The number of rotatable bonds is 13. The summed E-state index contributed by atoms with van der Waals surface area (Å²) in [6, 6.07) is 34.0. The molecule has 0 aromatic heterocycles. The highest BCUT2D eigenvalue weighted by atomic mass is 16.5. The average Bonchev–Trinajstić information content (AvgIpc) is 2.95. The quantitative estimate of drug-likeness (QED) is 0.199. The van der Waals surface area contributed by atoms with Crippen molar-refractivity contribution in [1.82, 2.24) is 0 Å². The number of para-hydroxylation sites is 1. The average molecular weight is 510 g/mol. The monoisotopic (exact) mass is 509 g/mol. The molecule has 3 N–H and O–H groups in total. The van der Waals surface area contributed by atoms with Crippen LogP contribution in [-0.2, 0) is 16.0 Å². The second-order valence-electron chi connectivity index (χ2n) is 8.55. The van der Waals surface area contributed by atoms with Crippen molar-refractivity contribution in [3.8, 4) is 11.5 Å². The smallest absolute Gasteiger partial charge is 0.243 e. The van der Waals surface area contributed by atoms with Gasteiger partial charge in [0, 0.05) is 23.5 Å². The molecule has 38 heavy (non-hydrogen) atoms. The molecule has 0 heterocycles. The molecule has 0 unspecified atom stereocenters. The van der Waals surface area contributed by atoms with Crippen LogP contribution in [0.5, 0.6) is 11.5 Å². The first-order valence-corrected chi connectivity index (χ1v) is 12.5. The van der Waals surface area contributed by atoms with Crippen LogP contribution in [0.4, 0.5) is 17.1 Å². The number of hydrogen-bond acceptors (Lipinski definition) is 5. The van der Waals surface area contributed by atoms with Crippen molar-refractivity contribution < 1.29 is 19.1 Å². The van der Waals surface area contributed by atoms with E-state index in [2.05, 4.69) is 16.0 Å². The molecule has 0 saturated heterocycles. The molecule has 194 valence electrons. The van der Waals surface area contributed by atoms with Gasteiger partial charge in [-0.3, -0.25) is 9.59 Å². The Bertz CT molecular complexity index is 1300. The van der Waals surface area contributed by atoms with Gasteiger partial charge in [0.2, 0.25) is 11.8 Å². The molecule has 7 heteroatoms. The molecule has 0 aliphatic carbocycles. The molecule has 0 atom stereocenters. The van der Waals surface area contributed by atoms with Crippen LogP contribution < -0.4 is 25.4 Å². The Hall–Kier alpha value is -4.78. The van der Waals surface area contributed by atoms with Gasteiger partial charge in [0.15, 0.2) is 0 Å². The zero-order valence-corrected chi connectivity index (χ0v) is 21.1. The first-order chi connectivity index (χ1) is 18.6. The molecule has 4 aromatic rings. The van der Waals surface area contributed by atoms with Crippen LogP contribution in [-0.4, -0.2) is 31.6 Å². The van der Waals surface area contributed by atoms with Crippen molar-refractivity contribution in [3.63, 3.8) is 0 Å². The molecule has 0 bridgehead atoms. The molecular formula is C31H31N3O4. The number of carbonyl (C=O) groups is 2. The number of benzene rings is 4. The van der Waals surface area contributed by atoms with Gasteiger partial charge in [-0.15, -0.1) is 0 Å². The fraction of sp³-hybridized carbons (Fsp3) is 0.161. The van der Waals surface area contributed by atoms with E-state index in [9.17, 15) is 9.59 Å². The zero-order chi connectivity index (χ0) is 26.4. The number of nitrogens with one attached hydrogen (secondary N) is 3. The topological polar surface area (TPSA) is 88.7 Å². The molecule has 4 aromatic carbocycles. The summed E-state index contributed by atoms with van der Waals surface area (Å²) in [5, 5.41) is 8.86. The number of hydrogen-bond donors (Lipinski definition) is 3. The van der Waals surface area contributed by atoms with E-state index in [1.54, 1.807) is 30.3 Å². The van der Waals surface area contributed by atoms with E-state index in [1.807, 2.05) is 78.9 Å². The standard InChI is InChI=1S/C31H31N3O4/c35-30(19-14-24-8-3-1-4-9-24)34-27-11-7-10-26(22-27)32-23-31(36)33-25-15-17-29(18-16-25)38-21-20-37-28-12-5-2-6-13-28/h1-13,15-18,22,32H,14,19-21,23H2,(H,33,36)(H,34,35). The Morgan fingerprint density at radius 3 is 1.89 bits per heavy atom. The number of anilines is 3. The lowest BCUT2D eigenvalue weighted by Crippen LogP contribution is -2.21. The van der Waals surface area contributed by atoms with Crippen LogP contribution in [0.2, 0.25) is 0 Å². The zero-order valence-electron chi connectivity index (χ0n) is 21.1. The van der Waals surface area contributed by atoms with Crippen LogP contribution in [0.25, 0.3) is 0 Å². The third kappa shape index (κ3) is 9.02. The van der Waals surface area contributed by atoms with E-state index in [4.69, 9.17) is 9.47 Å². The summed E-state index contributed by atoms with van der Waals surface area (Å²) < 4.78 is 11.3. The fourth-order valence-electron chi connectivity index (χ4n) is 3.69. The largest absolute Gasteiger partial charge is 0.490 e. The molecule has 7 nitrogen and oxygen atoms in total. The van der Waals surface area contributed by atoms with Crippen LogP contribution >= 0.6 is 0 Å². The normalized spacial score (nSPS) is 10.3. The van der Waals surface area contributed by atoms with E-state index < -0.39 is 0 Å². The molecule has 2 amide bonds. The van der Waals surface area contributed by atoms with Crippen molar-refractivity contribution in [2.75, 3.05) is 35.7 Å². The highest BCUT2D eigenvalue weighted by Gasteiger charge is 2.06. The molecule has 0 radical (unpaired) electrons. The first kappa shape index (κ1) is 26.3. The summed E-state index contributed by atoms with van der Waals surface area (Å²) in [5.74, 6) is 1.26. The van der Waals surface area contributed by atoms with Crippen LogP contribution in [0.3, 0.4) is 0 Å². The number of amides is 2. The maximum Gasteiger partial charge on any atom is 0.243 e. The minimum atomic E-state index is -0.188. The van der Waals surface area contributed by atoms with Crippen LogP contribution in [0.1, 0.15) is 12.0 Å². The number of ether oxygens (including phenoxy) is 2. The molecule has 0 aliphatic rings. The Morgan fingerprint density at radius 2 is 1.18 bits per heavy atom. The summed E-state index contributed by atoms with van der Waals surface area (Å²) >= 11 is 0. The second kappa shape index (κ2) is 14.1. The minimum Gasteiger partial charge on any atom is -0.490 e.